The normalized spacial score (nSPS) is 11.1. The van der Waals surface area contributed by atoms with Crippen molar-refractivity contribution in [3.63, 3.8) is 0 Å². The molecule has 3 rings (SSSR count). The van der Waals surface area contributed by atoms with Crippen molar-refractivity contribution in [3.8, 4) is 11.4 Å². The van der Waals surface area contributed by atoms with Crippen molar-refractivity contribution in [2.45, 2.75) is 19.9 Å². The minimum absolute atomic E-state index is 0.254. The predicted molar refractivity (Wildman–Crippen MR) is 77.6 cm³/mol. The summed E-state index contributed by atoms with van der Waals surface area (Å²) in [6, 6.07) is 8.29. The van der Waals surface area contributed by atoms with E-state index in [9.17, 15) is 4.39 Å². The van der Waals surface area contributed by atoms with Gasteiger partial charge in [0.05, 0.1) is 11.0 Å². The molecule has 0 amide bonds. The summed E-state index contributed by atoms with van der Waals surface area (Å²) in [5, 5.41) is 0. The van der Waals surface area contributed by atoms with Gasteiger partial charge in [-0.05, 0) is 36.8 Å². The summed E-state index contributed by atoms with van der Waals surface area (Å²) in [7, 11) is 0. The lowest BCUT2D eigenvalue weighted by Gasteiger charge is -2.08. The zero-order valence-electron chi connectivity index (χ0n) is 11.2. The number of aryl methyl sites for hydroxylation is 1. The number of nitrogens with zero attached hydrogens (tertiary/aromatic N) is 3. The lowest BCUT2D eigenvalue weighted by Crippen LogP contribution is -2.00. The van der Waals surface area contributed by atoms with Crippen LogP contribution in [0.25, 0.3) is 22.4 Å². The molecular weight excluding hydrogens is 255 g/mol. The molecule has 0 saturated carbocycles. The molecule has 20 heavy (non-hydrogen) atoms. The van der Waals surface area contributed by atoms with E-state index >= 15 is 0 Å². The Morgan fingerprint density at radius 3 is 2.85 bits per heavy atom. The van der Waals surface area contributed by atoms with E-state index in [0.29, 0.717) is 5.82 Å². The number of anilines is 1. The van der Waals surface area contributed by atoms with Crippen molar-refractivity contribution in [3.05, 3.63) is 42.3 Å². The summed E-state index contributed by atoms with van der Waals surface area (Å²) >= 11 is 0. The van der Waals surface area contributed by atoms with Crippen LogP contribution in [-0.2, 0) is 6.54 Å². The van der Waals surface area contributed by atoms with Crippen LogP contribution in [0.4, 0.5) is 10.2 Å². The van der Waals surface area contributed by atoms with Crippen LogP contribution < -0.4 is 5.73 Å². The number of hydrogen-bond acceptors (Lipinski definition) is 3. The number of nitrogens with two attached hydrogens (primary N) is 1. The van der Waals surface area contributed by atoms with Gasteiger partial charge in [0.15, 0.2) is 0 Å². The molecule has 102 valence electrons. The maximum Gasteiger partial charge on any atom is 0.141 e. The van der Waals surface area contributed by atoms with Gasteiger partial charge >= 0.3 is 0 Å². The quantitative estimate of drug-likeness (QED) is 0.795. The van der Waals surface area contributed by atoms with Crippen molar-refractivity contribution in [2.24, 2.45) is 0 Å². The first-order valence-corrected chi connectivity index (χ1v) is 6.56. The van der Waals surface area contributed by atoms with E-state index in [0.717, 1.165) is 35.4 Å². The van der Waals surface area contributed by atoms with Crippen molar-refractivity contribution in [1.29, 1.82) is 0 Å². The highest BCUT2D eigenvalue weighted by Gasteiger charge is 2.13. The molecule has 0 spiro atoms. The lowest BCUT2D eigenvalue weighted by molar-refractivity contribution is 0.627. The Bertz CT molecular complexity index is 764. The summed E-state index contributed by atoms with van der Waals surface area (Å²) in [5.41, 5.74) is 8.21. The molecule has 0 fully saturated rings. The Morgan fingerprint density at radius 1 is 1.25 bits per heavy atom. The van der Waals surface area contributed by atoms with Gasteiger partial charge in [-0.3, -0.25) is 0 Å². The molecule has 0 atom stereocenters. The number of hydrogen-bond donors (Lipinski definition) is 1. The van der Waals surface area contributed by atoms with Crippen molar-refractivity contribution >= 4 is 16.9 Å². The number of pyridine rings is 1. The summed E-state index contributed by atoms with van der Waals surface area (Å²) < 4.78 is 15.5. The van der Waals surface area contributed by atoms with Gasteiger partial charge in [-0.1, -0.05) is 6.92 Å². The molecule has 1 aromatic carbocycles. The first kappa shape index (κ1) is 12.6. The fraction of sp³-hybridized carbons (Fsp3) is 0.200. The Hall–Kier alpha value is -2.43. The molecule has 0 bridgehead atoms. The van der Waals surface area contributed by atoms with Crippen molar-refractivity contribution < 1.29 is 4.39 Å². The molecular formula is C15H15FN4. The van der Waals surface area contributed by atoms with Crippen LogP contribution in [0, 0.1) is 5.82 Å². The Balaban J connectivity index is 2.26. The maximum absolute atomic E-state index is 13.5. The zero-order chi connectivity index (χ0) is 14.1. The highest BCUT2D eigenvalue weighted by Crippen LogP contribution is 2.26. The molecule has 5 heteroatoms. The molecule has 3 aromatic rings. The van der Waals surface area contributed by atoms with E-state index in [4.69, 9.17) is 5.73 Å². The van der Waals surface area contributed by atoms with Crippen LogP contribution >= 0.6 is 0 Å². The van der Waals surface area contributed by atoms with E-state index < -0.39 is 0 Å². The highest BCUT2D eigenvalue weighted by molar-refractivity contribution is 5.81. The fourth-order valence-corrected chi connectivity index (χ4v) is 2.35. The second kappa shape index (κ2) is 4.92. The van der Waals surface area contributed by atoms with Gasteiger partial charge in [-0.15, -0.1) is 0 Å². The number of nitrogen functional groups attached to an aromatic ring is 1. The summed E-state index contributed by atoms with van der Waals surface area (Å²) in [6.07, 6.45) is 2.59. The van der Waals surface area contributed by atoms with E-state index in [1.54, 1.807) is 18.3 Å². The molecule has 0 unspecified atom stereocenters. The van der Waals surface area contributed by atoms with Gasteiger partial charge in [0.2, 0.25) is 0 Å². The third-order valence-electron chi connectivity index (χ3n) is 3.20. The van der Waals surface area contributed by atoms with Gasteiger partial charge < -0.3 is 10.3 Å². The minimum atomic E-state index is -0.254. The van der Waals surface area contributed by atoms with Crippen LogP contribution in [-0.4, -0.2) is 14.5 Å². The Kier molecular flexibility index (Phi) is 3.10. The Morgan fingerprint density at radius 2 is 2.10 bits per heavy atom. The van der Waals surface area contributed by atoms with Gasteiger partial charge in [-0.25, -0.2) is 14.4 Å². The van der Waals surface area contributed by atoms with E-state index in [1.807, 2.05) is 10.6 Å². The first-order chi connectivity index (χ1) is 9.69. The second-order valence-corrected chi connectivity index (χ2v) is 4.69. The molecule has 0 radical (unpaired) electrons. The SMILES string of the molecule is CCCn1c(-c2ccnc(N)c2)nc2ccc(F)cc21. The molecule has 2 N–H and O–H groups in total. The highest BCUT2D eigenvalue weighted by atomic mass is 19.1. The van der Waals surface area contributed by atoms with Gasteiger partial charge in [-0.2, -0.15) is 0 Å². The minimum Gasteiger partial charge on any atom is -0.384 e. The Labute approximate surface area is 116 Å². The fourth-order valence-electron chi connectivity index (χ4n) is 2.35. The third-order valence-corrected chi connectivity index (χ3v) is 3.20. The van der Waals surface area contributed by atoms with Crippen LogP contribution in [0.2, 0.25) is 0 Å². The van der Waals surface area contributed by atoms with Crippen molar-refractivity contribution in [2.75, 3.05) is 5.73 Å². The molecule has 0 saturated heterocycles. The standard InChI is InChI=1S/C15H15FN4/c1-2-7-20-13-9-11(16)3-4-12(13)19-15(20)10-5-6-18-14(17)8-10/h3-6,8-9H,2,7H2,1H3,(H2,17,18). The number of fused-ring (bicyclic) bond motifs is 1. The molecule has 0 aliphatic rings. The summed E-state index contributed by atoms with van der Waals surface area (Å²) in [4.78, 5) is 8.59. The van der Waals surface area contributed by atoms with E-state index in [1.165, 1.54) is 12.1 Å². The lowest BCUT2D eigenvalue weighted by atomic mass is 10.2. The number of aromatic nitrogens is 3. The van der Waals surface area contributed by atoms with Crippen LogP contribution in [0.15, 0.2) is 36.5 Å². The molecule has 2 aromatic heterocycles. The second-order valence-electron chi connectivity index (χ2n) is 4.69. The monoisotopic (exact) mass is 270 g/mol. The largest absolute Gasteiger partial charge is 0.384 e. The summed E-state index contributed by atoms with van der Waals surface area (Å²) in [6.45, 7) is 2.85. The molecule has 2 heterocycles. The van der Waals surface area contributed by atoms with Crippen LogP contribution in [0.1, 0.15) is 13.3 Å². The predicted octanol–water partition coefficient (Wildman–Crippen LogP) is 3.23. The third kappa shape index (κ3) is 2.11. The number of rotatable bonds is 3. The number of imidazole rings is 1. The van der Waals surface area contributed by atoms with Crippen molar-refractivity contribution in [1.82, 2.24) is 14.5 Å². The number of halogens is 1. The van der Waals surface area contributed by atoms with E-state index in [2.05, 4.69) is 16.9 Å². The average molecular weight is 270 g/mol. The number of benzene rings is 1. The van der Waals surface area contributed by atoms with Gasteiger partial charge in [0, 0.05) is 18.3 Å². The first-order valence-electron chi connectivity index (χ1n) is 6.56. The van der Waals surface area contributed by atoms with Gasteiger partial charge in [0.1, 0.15) is 17.5 Å². The molecule has 0 aliphatic carbocycles. The maximum atomic E-state index is 13.5. The van der Waals surface area contributed by atoms with E-state index in [-0.39, 0.29) is 5.82 Å². The average Bonchev–Trinajstić information content (AvgIpc) is 2.78. The smallest absolute Gasteiger partial charge is 0.141 e. The van der Waals surface area contributed by atoms with Gasteiger partial charge in [0.25, 0.3) is 0 Å². The zero-order valence-corrected chi connectivity index (χ0v) is 11.2. The molecule has 4 nitrogen and oxygen atoms in total. The molecule has 0 aliphatic heterocycles. The van der Waals surface area contributed by atoms with Crippen LogP contribution in [0.3, 0.4) is 0 Å². The summed E-state index contributed by atoms with van der Waals surface area (Å²) in [5.74, 6) is 0.987. The topological polar surface area (TPSA) is 56.7 Å². The van der Waals surface area contributed by atoms with Crippen LogP contribution in [0.5, 0.6) is 0 Å².